The van der Waals surface area contributed by atoms with Crippen molar-refractivity contribution in [3.05, 3.63) is 60.2 Å². The smallest absolute Gasteiger partial charge is 0.230 e. The Kier molecular flexibility index (Phi) is 6.49. The van der Waals surface area contributed by atoms with Gasteiger partial charge in [0.05, 0.1) is 18.4 Å². The van der Waals surface area contributed by atoms with E-state index in [4.69, 9.17) is 4.74 Å². The number of nitrogens with one attached hydrogen (secondary N) is 1. The molecule has 0 spiro atoms. The van der Waals surface area contributed by atoms with E-state index in [1.807, 2.05) is 42.5 Å². The van der Waals surface area contributed by atoms with Gasteiger partial charge in [0.25, 0.3) is 0 Å². The molecule has 6 nitrogen and oxygen atoms in total. The molecule has 1 N–H and O–H groups in total. The topological polar surface area (TPSA) is 69.0 Å². The number of rotatable bonds is 8. The second kappa shape index (κ2) is 9.23. The van der Waals surface area contributed by atoms with Crippen molar-refractivity contribution in [1.82, 2.24) is 20.1 Å². The van der Waals surface area contributed by atoms with Crippen LogP contribution in [0.25, 0.3) is 11.4 Å². The van der Waals surface area contributed by atoms with Gasteiger partial charge in [-0.15, -0.1) is 10.2 Å². The summed E-state index contributed by atoms with van der Waals surface area (Å²) in [5.74, 6) is 1.74. The summed E-state index contributed by atoms with van der Waals surface area (Å²) >= 11 is 1.38. The molecule has 0 aliphatic rings. The Morgan fingerprint density at radius 3 is 2.59 bits per heavy atom. The van der Waals surface area contributed by atoms with Gasteiger partial charge < -0.3 is 14.6 Å². The summed E-state index contributed by atoms with van der Waals surface area (Å²) in [7, 11) is 3.27. The highest BCUT2D eigenvalue weighted by atomic mass is 32.2. The zero-order valence-corrected chi connectivity index (χ0v) is 16.2. The molecule has 0 atom stereocenters. The maximum absolute atomic E-state index is 11.6. The van der Waals surface area contributed by atoms with E-state index in [2.05, 4.69) is 32.2 Å². The van der Waals surface area contributed by atoms with Crippen LogP contribution in [0.1, 0.15) is 5.56 Å². The summed E-state index contributed by atoms with van der Waals surface area (Å²) in [5, 5.41) is 12.1. The quantitative estimate of drug-likeness (QED) is 0.607. The first kappa shape index (κ1) is 19.0. The number of amides is 1. The van der Waals surface area contributed by atoms with Crippen LogP contribution in [0.2, 0.25) is 0 Å². The molecule has 1 heterocycles. The minimum Gasteiger partial charge on any atom is -0.496 e. The van der Waals surface area contributed by atoms with Crippen LogP contribution in [0.5, 0.6) is 5.75 Å². The number of hydrogen-bond acceptors (Lipinski definition) is 5. The molecule has 1 amide bonds. The van der Waals surface area contributed by atoms with Crippen molar-refractivity contribution in [3.8, 4) is 17.1 Å². The monoisotopic (exact) mass is 382 g/mol. The molecule has 0 fully saturated rings. The molecule has 140 valence electrons. The van der Waals surface area contributed by atoms with Crippen LogP contribution in [0.4, 0.5) is 0 Å². The minimum atomic E-state index is -0.0450. The van der Waals surface area contributed by atoms with E-state index in [-0.39, 0.29) is 5.91 Å². The number of hydrogen-bond donors (Lipinski definition) is 1. The van der Waals surface area contributed by atoms with Crippen LogP contribution in [-0.4, -0.2) is 40.6 Å². The predicted molar refractivity (Wildman–Crippen MR) is 107 cm³/mol. The molecular weight excluding hydrogens is 360 g/mol. The SMILES string of the molecule is CNC(=O)CSc1nnc(-c2ccccc2OC)n1CCc1ccccc1. The molecule has 7 heteroatoms. The number of benzene rings is 2. The maximum atomic E-state index is 11.6. The van der Waals surface area contributed by atoms with Crippen molar-refractivity contribution in [1.29, 1.82) is 0 Å². The zero-order valence-electron chi connectivity index (χ0n) is 15.4. The van der Waals surface area contributed by atoms with Gasteiger partial charge in [-0.25, -0.2) is 0 Å². The average molecular weight is 382 g/mol. The van der Waals surface area contributed by atoms with Gasteiger partial charge in [0.1, 0.15) is 5.75 Å². The molecule has 0 saturated carbocycles. The Morgan fingerprint density at radius 1 is 1.11 bits per heavy atom. The molecule has 3 aromatic rings. The Bertz CT molecular complexity index is 896. The standard InChI is InChI=1S/C20H22N4O2S/c1-21-18(25)14-27-20-23-22-19(16-10-6-7-11-17(16)26-2)24(20)13-12-15-8-4-3-5-9-15/h3-11H,12-14H2,1-2H3,(H,21,25). The third-order valence-corrected chi connectivity index (χ3v) is 5.11. The summed E-state index contributed by atoms with van der Waals surface area (Å²) in [6, 6.07) is 18.0. The summed E-state index contributed by atoms with van der Waals surface area (Å²) < 4.78 is 7.54. The van der Waals surface area contributed by atoms with Gasteiger partial charge in [0, 0.05) is 13.6 Å². The molecule has 0 saturated heterocycles. The molecule has 27 heavy (non-hydrogen) atoms. The Morgan fingerprint density at radius 2 is 1.85 bits per heavy atom. The summed E-state index contributed by atoms with van der Waals surface area (Å²) in [6.07, 6.45) is 0.842. The highest BCUT2D eigenvalue weighted by molar-refractivity contribution is 7.99. The fourth-order valence-corrected chi connectivity index (χ4v) is 3.55. The highest BCUT2D eigenvalue weighted by Crippen LogP contribution is 2.31. The van der Waals surface area contributed by atoms with Crippen molar-refractivity contribution in [2.24, 2.45) is 0 Å². The molecule has 2 aromatic carbocycles. The number of carbonyl (C=O) groups excluding carboxylic acids is 1. The van der Waals surface area contributed by atoms with Crippen molar-refractivity contribution < 1.29 is 9.53 Å². The third kappa shape index (κ3) is 4.68. The molecule has 0 radical (unpaired) electrons. The number of thioether (sulfide) groups is 1. The van der Waals surface area contributed by atoms with Gasteiger partial charge in [-0.2, -0.15) is 0 Å². The molecule has 1 aromatic heterocycles. The van der Waals surface area contributed by atoms with Crippen LogP contribution in [0, 0.1) is 0 Å². The van der Waals surface area contributed by atoms with E-state index in [0.717, 1.165) is 28.7 Å². The van der Waals surface area contributed by atoms with Crippen molar-refractivity contribution in [3.63, 3.8) is 0 Å². The van der Waals surface area contributed by atoms with Gasteiger partial charge in [-0.1, -0.05) is 54.2 Å². The van der Waals surface area contributed by atoms with Crippen LogP contribution in [0.15, 0.2) is 59.8 Å². The average Bonchev–Trinajstić information content (AvgIpc) is 3.13. The highest BCUT2D eigenvalue weighted by Gasteiger charge is 2.18. The van der Waals surface area contributed by atoms with Crippen LogP contribution in [-0.2, 0) is 17.8 Å². The van der Waals surface area contributed by atoms with Crippen LogP contribution >= 0.6 is 11.8 Å². The van der Waals surface area contributed by atoms with Gasteiger partial charge in [-0.05, 0) is 24.1 Å². The Hall–Kier alpha value is -2.80. The second-order valence-electron chi connectivity index (χ2n) is 5.86. The van der Waals surface area contributed by atoms with Crippen LogP contribution in [0.3, 0.4) is 0 Å². The number of ether oxygens (including phenoxy) is 1. The maximum Gasteiger partial charge on any atom is 0.230 e. The van der Waals surface area contributed by atoms with Crippen molar-refractivity contribution in [2.75, 3.05) is 19.9 Å². The van der Waals surface area contributed by atoms with Crippen LogP contribution < -0.4 is 10.1 Å². The second-order valence-corrected chi connectivity index (χ2v) is 6.80. The largest absolute Gasteiger partial charge is 0.496 e. The number of methoxy groups -OCH3 is 1. The zero-order chi connectivity index (χ0) is 19.1. The number of para-hydroxylation sites is 1. The van der Waals surface area contributed by atoms with E-state index in [0.29, 0.717) is 12.3 Å². The van der Waals surface area contributed by atoms with Gasteiger partial charge >= 0.3 is 0 Å². The van der Waals surface area contributed by atoms with E-state index < -0.39 is 0 Å². The van der Waals surface area contributed by atoms with Gasteiger partial charge in [0.2, 0.25) is 5.91 Å². The number of aromatic nitrogens is 3. The first-order chi connectivity index (χ1) is 13.2. The van der Waals surface area contributed by atoms with Crippen molar-refractivity contribution >= 4 is 17.7 Å². The Labute approximate surface area is 163 Å². The molecular formula is C20H22N4O2S. The fourth-order valence-electron chi connectivity index (χ4n) is 2.71. The molecule has 0 unspecified atom stereocenters. The summed E-state index contributed by atoms with van der Waals surface area (Å²) in [5.41, 5.74) is 2.12. The minimum absolute atomic E-state index is 0.0450. The first-order valence-electron chi connectivity index (χ1n) is 8.67. The van der Waals surface area contributed by atoms with Gasteiger partial charge in [0.15, 0.2) is 11.0 Å². The van der Waals surface area contributed by atoms with E-state index in [1.165, 1.54) is 17.3 Å². The van der Waals surface area contributed by atoms with Crippen molar-refractivity contribution in [2.45, 2.75) is 18.1 Å². The molecule has 3 rings (SSSR count). The predicted octanol–water partition coefficient (Wildman–Crippen LogP) is 3.03. The summed E-state index contributed by atoms with van der Waals surface area (Å²) in [6.45, 7) is 0.709. The molecule has 0 aliphatic heterocycles. The fraction of sp³-hybridized carbons (Fsp3) is 0.250. The summed E-state index contributed by atoms with van der Waals surface area (Å²) in [4.78, 5) is 11.6. The Balaban J connectivity index is 1.92. The lowest BCUT2D eigenvalue weighted by Gasteiger charge is -2.12. The molecule has 0 aliphatic carbocycles. The van der Waals surface area contributed by atoms with Gasteiger partial charge in [-0.3, -0.25) is 4.79 Å². The van der Waals surface area contributed by atoms with E-state index >= 15 is 0 Å². The number of nitrogens with zero attached hydrogens (tertiary/aromatic N) is 3. The lowest BCUT2D eigenvalue weighted by atomic mass is 10.1. The normalized spacial score (nSPS) is 10.6. The lowest BCUT2D eigenvalue weighted by molar-refractivity contribution is -0.118. The van der Waals surface area contributed by atoms with E-state index in [1.54, 1.807) is 14.2 Å². The molecule has 0 bridgehead atoms. The lowest BCUT2D eigenvalue weighted by Crippen LogP contribution is -2.20. The van der Waals surface area contributed by atoms with E-state index in [9.17, 15) is 4.79 Å². The number of carbonyl (C=O) groups is 1. The number of aryl methyl sites for hydroxylation is 1. The first-order valence-corrected chi connectivity index (χ1v) is 9.65. The third-order valence-electron chi connectivity index (χ3n) is 4.14.